The number of hydrogen-bond acceptors (Lipinski definition) is 3. The van der Waals surface area contributed by atoms with Crippen molar-refractivity contribution < 1.29 is 9.53 Å². The second-order valence-corrected chi connectivity index (χ2v) is 4.16. The highest BCUT2D eigenvalue weighted by Crippen LogP contribution is 2.09. The molecule has 14 heavy (non-hydrogen) atoms. The number of thiophene rings is 1. The topological polar surface area (TPSA) is 26.3 Å². The molecule has 0 spiro atoms. The first kappa shape index (κ1) is 11.4. The maximum absolute atomic E-state index is 11.0. The average molecular weight is 212 g/mol. The Balaban J connectivity index is 1.97. The van der Waals surface area contributed by atoms with E-state index in [4.69, 9.17) is 4.74 Å². The second-order valence-electron chi connectivity index (χ2n) is 3.13. The Bertz CT molecular complexity index is 254. The van der Waals surface area contributed by atoms with Crippen molar-refractivity contribution >= 4 is 17.1 Å². The monoisotopic (exact) mass is 212 g/mol. The highest BCUT2D eigenvalue weighted by molar-refractivity contribution is 7.09. The van der Waals surface area contributed by atoms with E-state index in [2.05, 4.69) is 6.07 Å². The molecule has 1 rings (SSSR count). The van der Waals surface area contributed by atoms with E-state index < -0.39 is 0 Å². The van der Waals surface area contributed by atoms with Gasteiger partial charge in [-0.2, -0.15) is 0 Å². The standard InChI is InChI=1S/C11H16O2S/c1-2-10(12)5-3-7-13-9-11-6-4-8-14-11/h4,6,8H,2-3,5,7,9H2,1H3. The van der Waals surface area contributed by atoms with Crippen LogP contribution in [0.4, 0.5) is 0 Å². The number of ketones is 1. The molecule has 1 aromatic rings. The van der Waals surface area contributed by atoms with Crippen molar-refractivity contribution in [3.05, 3.63) is 22.4 Å². The number of carbonyl (C=O) groups excluding carboxylic acids is 1. The molecule has 0 aliphatic heterocycles. The molecule has 0 saturated carbocycles. The van der Waals surface area contributed by atoms with Crippen LogP contribution < -0.4 is 0 Å². The minimum absolute atomic E-state index is 0.324. The zero-order chi connectivity index (χ0) is 10.2. The van der Waals surface area contributed by atoms with Crippen molar-refractivity contribution in [3.8, 4) is 0 Å². The minimum atomic E-state index is 0.324. The Morgan fingerprint density at radius 1 is 1.57 bits per heavy atom. The fraction of sp³-hybridized carbons (Fsp3) is 0.545. The van der Waals surface area contributed by atoms with Crippen LogP contribution in [0.3, 0.4) is 0 Å². The van der Waals surface area contributed by atoms with Gasteiger partial charge in [-0.3, -0.25) is 4.79 Å². The van der Waals surface area contributed by atoms with Gasteiger partial charge in [-0.1, -0.05) is 13.0 Å². The molecule has 0 fully saturated rings. The van der Waals surface area contributed by atoms with E-state index in [0.29, 0.717) is 31.8 Å². The third-order valence-corrected chi connectivity index (χ3v) is 2.81. The lowest BCUT2D eigenvalue weighted by atomic mass is 10.2. The number of carbonyl (C=O) groups is 1. The maximum atomic E-state index is 11.0. The summed E-state index contributed by atoms with van der Waals surface area (Å²) in [6.07, 6.45) is 2.14. The summed E-state index contributed by atoms with van der Waals surface area (Å²) >= 11 is 1.70. The molecule has 0 unspecified atom stereocenters. The van der Waals surface area contributed by atoms with Crippen LogP contribution in [-0.4, -0.2) is 12.4 Å². The molecule has 0 aliphatic carbocycles. The fourth-order valence-corrected chi connectivity index (χ4v) is 1.76. The first-order valence-electron chi connectivity index (χ1n) is 4.94. The molecule has 3 heteroatoms. The first-order chi connectivity index (χ1) is 6.83. The lowest BCUT2D eigenvalue weighted by Crippen LogP contribution is -1.99. The van der Waals surface area contributed by atoms with Gasteiger partial charge in [0.05, 0.1) is 6.61 Å². The second kappa shape index (κ2) is 6.74. The van der Waals surface area contributed by atoms with Crippen LogP contribution in [0.5, 0.6) is 0 Å². The van der Waals surface area contributed by atoms with E-state index >= 15 is 0 Å². The molecule has 0 aromatic carbocycles. The minimum Gasteiger partial charge on any atom is -0.376 e. The molecular formula is C11H16O2S. The molecular weight excluding hydrogens is 196 g/mol. The Labute approximate surface area is 88.9 Å². The van der Waals surface area contributed by atoms with E-state index in [0.717, 1.165) is 6.42 Å². The maximum Gasteiger partial charge on any atom is 0.132 e. The van der Waals surface area contributed by atoms with Crippen molar-refractivity contribution in [2.24, 2.45) is 0 Å². The number of rotatable bonds is 7. The lowest BCUT2D eigenvalue weighted by Gasteiger charge is -2.01. The molecule has 78 valence electrons. The average Bonchev–Trinajstić information content (AvgIpc) is 2.69. The smallest absolute Gasteiger partial charge is 0.132 e. The van der Waals surface area contributed by atoms with E-state index in [1.807, 2.05) is 18.4 Å². The van der Waals surface area contributed by atoms with Crippen molar-refractivity contribution in [3.63, 3.8) is 0 Å². The Hall–Kier alpha value is -0.670. The molecule has 2 nitrogen and oxygen atoms in total. The summed E-state index contributed by atoms with van der Waals surface area (Å²) in [5.41, 5.74) is 0. The van der Waals surface area contributed by atoms with E-state index in [-0.39, 0.29) is 0 Å². The van der Waals surface area contributed by atoms with Crippen molar-refractivity contribution in [2.45, 2.75) is 32.8 Å². The van der Waals surface area contributed by atoms with E-state index in [9.17, 15) is 4.79 Å². The molecule has 0 aliphatic rings. The van der Waals surface area contributed by atoms with Crippen LogP contribution in [0.1, 0.15) is 31.1 Å². The van der Waals surface area contributed by atoms with Crippen LogP contribution in [-0.2, 0) is 16.1 Å². The van der Waals surface area contributed by atoms with Gasteiger partial charge in [0.25, 0.3) is 0 Å². The third-order valence-electron chi connectivity index (χ3n) is 1.96. The van der Waals surface area contributed by atoms with Gasteiger partial charge >= 0.3 is 0 Å². The van der Waals surface area contributed by atoms with Gasteiger partial charge in [0.2, 0.25) is 0 Å². The normalized spacial score (nSPS) is 10.4. The summed E-state index contributed by atoms with van der Waals surface area (Å²) in [7, 11) is 0. The lowest BCUT2D eigenvalue weighted by molar-refractivity contribution is -0.119. The number of hydrogen-bond donors (Lipinski definition) is 0. The summed E-state index contributed by atoms with van der Waals surface area (Å²) in [6.45, 7) is 3.26. The van der Waals surface area contributed by atoms with Crippen LogP contribution in [0.2, 0.25) is 0 Å². The SMILES string of the molecule is CCC(=O)CCCOCc1cccs1. The predicted molar refractivity (Wildman–Crippen MR) is 58.5 cm³/mol. The van der Waals surface area contributed by atoms with Gasteiger partial charge in [0.1, 0.15) is 5.78 Å². The van der Waals surface area contributed by atoms with Gasteiger partial charge in [0, 0.05) is 24.3 Å². The number of Topliss-reactive ketones (excluding diaryl/α,β-unsaturated/α-hetero) is 1. The van der Waals surface area contributed by atoms with Gasteiger partial charge in [0.15, 0.2) is 0 Å². The number of ether oxygens (including phenoxy) is 1. The molecule has 0 radical (unpaired) electrons. The quantitative estimate of drug-likeness (QED) is 0.649. The molecule has 0 bridgehead atoms. The summed E-state index contributed by atoms with van der Waals surface area (Å²) in [5, 5.41) is 2.04. The zero-order valence-electron chi connectivity index (χ0n) is 8.49. The van der Waals surface area contributed by atoms with Crippen LogP contribution in [0, 0.1) is 0 Å². The van der Waals surface area contributed by atoms with Crippen molar-refractivity contribution in [1.29, 1.82) is 0 Å². The highest BCUT2D eigenvalue weighted by Gasteiger charge is 1.98. The zero-order valence-corrected chi connectivity index (χ0v) is 9.31. The summed E-state index contributed by atoms with van der Waals surface area (Å²) in [6, 6.07) is 4.08. The third kappa shape index (κ3) is 4.53. The molecule has 1 aromatic heterocycles. The highest BCUT2D eigenvalue weighted by atomic mass is 32.1. The summed E-state index contributed by atoms with van der Waals surface area (Å²) in [4.78, 5) is 12.2. The summed E-state index contributed by atoms with van der Waals surface area (Å²) in [5.74, 6) is 0.324. The first-order valence-corrected chi connectivity index (χ1v) is 5.82. The van der Waals surface area contributed by atoms with Crippen molar-refractivity contribution in [1.82, 2.24) is 0 Å². The fourth-order valence-electron chi connectivity index (χ4n) is 1.12. The molecule has 0 saturated heterocycles. The van der Waals surface area contributed by atoms with Crippen LogP contribution >= 0.6 is 11.3 Å². The predicted octanol–water partition coefficient (Wildman–Crippen LogP) is 3.02. The Morgan fingerprint density at radius 3 is 3.07 bits per heavy atom. The van der Waals surface area contributed by atoms with Crippen LogP contribution in [0.15, 0.2) is 17.5 Å². The van der Waals surface area contributed by atoms with E-state index in [1.54, 1.807) is 11.3 Å². The Morgan fingerprint density at radius 2 is 2.43 bits per heavy atom. The Kier molecular flexibility index (Phi) is 5.49. The summed E-state index contributed by atoms with van der Waals surface area (Å²) < 4.78 is 5.43. The molecule has 0 amide bonds. The molecule has 1 heterocycles. The van der Waals surface area contributed by atoms with E-state index in [1.165, 1.54) is 4.88 Å². The largest absolute Gasteiger partial charge is 0.376 e. The molecule has 0 N–H and O–H groups in total. The van der Waals surface area contributed by atoms with Gasteiger partial charge in [-0.25, -0.2) is 0 Å². The van der Waals surface area contributed by atoms with Gasteiger partial charge in [-0.05, 0) is 17.9 Å². The van der Waals surface area contributed by atoms with Gasteiger partial charge in [-0.15, -0.1) is 11.3 Å². The molecule has 0 atom stereocenters. The van der Waals surface area contributed by atoms with Gasteiger partial charge < -0.3 is 4.74 Å². The van der Waals surface area contributed by atoms with Crippen molar-refractivity contribution in [2.75, 3.05) is 6.61 Å². The van der Waals surface area contributed by atoms with Crippen LogP contribution in [0.25, 0.3) is 0 Å².